The molecule has 0 aromatic carbocycles. The van der Waals surface area contributed by atoms with Gasteiger partial charge in [-0.15, -0.1) is 0 Å². The normalized spacial score (nSPS) is 22.8. The molecule has 0 amide bonds. The van der Waals surface area contributed by atoms with Crippen LogP contribution in [0.4, 0.5) is 0 Å². The molecule has 0 bridgehead atoms. The van der Waals surface area contributed by atoms with E-state index in [-0.39, 0.29) is 12.0 Å². The van der Waals surface area contributed by atoms with Crippen molar-refractivity contribution in [2.75, 3.05) is 20.3 Å². The van der Waals surface area contributed by atoms with Gasteiger partial charge >= 0.3 is 5.97 Å². The van der Waals surface area contributed by atoms with Gasteiger partial charge in [0.15, 0.2) is 0 Å². The van der Waals surface area contributed by atoms with Gasteiger partial charge in [0.2, 0.25) is 0 Å². The highest BCUT2D eigenvalue weighted by Gasteiger charge is 2.30. The third-order valence-electron chi connectivity index (χ3n) is 2.87. The van der Waals surface area contributed by atoms with Crippen molar-refractivity contribution in [1.29, 1.82) is 0 Å². The first-order valence-electron chi connectivity index (χ1n) is 5.73. The van der Waals surface area contributed by atoms with Crippen LogP contribution in [-0.4, -0.2) is 37.3 Å². The second kappa shape index (κ2) is 6.15. The highest BCUT2D eigenvalue weighted by atomic mass is 79.9. The summed E-state index contributed by atoms with van der Waals surface area (Å²) >= 11 is 3.34. The summed E-state index contributed by atoms with van der Waals surface area (Å²) in [5.74, 6) is 0.834. The van der Waals surface area contributed by atoms with Crippen molar-refractivity contribution in [3.8, 4) is 5.75 Å². The number of hydrogen-bond donors (Lipinski definition) is 1. The topological polar surface area (TPSA) is 60.5 Å². The molecule has 6 heteroatoms. The van der Waals surface area contributed by atoms with E-state index in [1.807, 2.05) is 6.07 Å². The lowest BCUT2D eigenvalue weighted by Gasteiger charge is -2.11. The first kappa shape index (κ1) is 13.3. The highest BCUT2D eigenvalue weighted by Crippen LogP contribution is 2.19. The van der Waals surface area contributed by atoms with Gasteiger partial charge in [-0.3, -0.25) is 9.78 Å². The van der Waals surface area contributed by atoms with E-state index in [1.54, 1.807) is 12.4 Å². The minimum atomic E-state index is -0.207. The summed E-state index contributed by atoms with van der Waals surface area (Å²) in [5, 5.41) is 3.13. The predicted octanol–water partition coefficient (Wildman–Crippen LogP) is 1.37. The molecule has 1 aliphatic rings. The van der Waals surface area contributed by atoms with Gasteiger partial charge in [0.05, 0.1) is 19.9 Å². The van der Waals surface area contributed by atoms with Crippen LogP contribution in [0, 0.1) is 5.92 Å². The van der Waals surface area contributed by atoms with Gasteiger partial charge in [-0.2, -0.15) is 0 Å². The minimum absolute atomic E-state index is 0.204. The molecule has 0 aliphatic carbocycles. The van der Waals surface area contributed by atoms with Gasteiger partial charge in [0, 0.05) is 23.1 Å². The van der Waals surface area contributed by atoms with Crippen molar-refractivity contribution >= 4 is 21.9 Å². The Hall–Kier alpha value is -1.14. The molecule has 1 N–H and O–H groups in total. The smallest absolute Gasteiger partial charge is 0.322 e. The number of rotatable bonds is 4. The van der Waals surface area contributed by atoms with Crippen molar-refractivity contribution in [3.05, 3.63) is 22.9 Å². The van der Waals surface area contributed by atoms with E-state index in [2.05, 4.69) is 26.2 Å². The van der Waals surface area contributed by atoms with Crippen molar-refractivity contribution in [2.45, 2.75) is 12.5 Å². The number of nitrogens with zero attached hydrogens (tertiary/aromatic N) is 1. The average Bonchev–Trinajstić information content (AvgIpc) is 2.84. The van der Waals surface area contributed by atoms with E-state index in [9.17, 15) is 4.79 Å². The van der Waals surface area contributed by atoms with E-state index in [4.69, 9.17) is 9.47 Å². The van der Waals surface area contributed by atoms with Crippen LogP contribution in [0.5, 0.6) is 5.75 Å². The number of aromatic nitrogens is 1. The van der Waals surface area contributed by atoms with E-state index in [1.165, 1.54) is 7.11 Å². The number of carbonyl (C=O) groups excluding carboxylic acids is 1. The average molecular weight is 315 g/mol. The summed E-state index contributed by atoms with van der Waals surface area (Å²) in [7, 11) is 1.40. The van der Waals surface area contributed by atoms with Crippen LogP contribution >= 0.6 is 15.9 Å². The molecule has 18 heavy (non-hydrogen) atoms. The zero-order valence-electron chi connectivity index (χ0n) is 10.1. The molecule has 1 aromatic rings. The summed E-state index contributed by atoms with van der Waals surface area (Å²) < 4.78 is 11.2. The molecule has 0 spiro atoms. The van der Waals surface area contributed by atoms with Gasteiger partial charge in [0.25, 0.3) is 0 Å². The Morgan fingerprint density at radius 2 is 2.44 bits per heavy atom. The number of hydrogen-bond acceptors (Lipinski definition) is 5. The van der Waals surface area contributed by atoms with E-state index in [0.29, 0.717) is 12.5 Å². The molecule has 0 radical (unpaired) electrons. The fraction of sp³-hybridized carbons (Fsp3) is 0.500. The quantitative estimate of drug-likeness (QED) is 0.851. The highest BCUT2D eigenvalue weighted by molar-refractivity contribution is 9.10. The van der Waals surface area contributed by atoms with Gasteiger partial charge in [-0.1, -0.05) is 0 Å². The lowest BCUT2D eigenvalue weighted by atomic mass is 10.1. The predicted molar refractivity (Wildman–Crippen MR) is 69.3 cm³/mol. The molecule has 1 aliphatic heterocycles. The maximum absolute atomic E-state index is 11.3. The van der Waals surface area contributed by atoms with Crippen LogP contribution in [0.15, 0.2) is 22.9 Å². The largest absolute Gasteiger partial charge is 0.492 e. The standard InChI is InChI=1S/C12H15BrN2O3/c1-17-12(16)11-2-8(4-15-11)7-18-10-3-9(13)5-14-6-10/h3,5-6,8,11,15H,2,4,7H2,1H3/t8-,11+/m1/s1. The molecule has 2 atom stereocenters. The SMILES string of the molecule is COC(=O)[C@@H]1C[C@@H](COc2cncc(Br)c2)CN1. The van der Waals surface area contributed by atoms with Crippen molar-refractivity contribution in [1.82, 2.24) is 10.3 Å². The molecule has 2 heterocycles. The van der Waals surface area contributed by atoms with Gasteiger partial charge in [0.1, 0.15) is 11.8 Å². The molecule has 1 aromatic heterocycles. The van der Waals surface area contributed by atoms with Gasteiger partial charge in [-0.05, 0) is 28.4 Å². The summed E-state index contributed by atoms with van der Waals surface area (Å²) in [4.78, 5) is 15.4. The molecule has 98 valence electrons. The van der Waals surface area contributed by atoms with Crippen LogP contribution < -0.4 is 10.1 Å². The lowest BCUT2D eigenvalue weighted by Crippen LogP contribution is -2.31. The number of carbonyl (C=O) groups is 1. The first-order chi connectivity index (χ1) is 8.69. The number of pyridine rings is 1. The van der Waals surface area contributed by atoms with E-state index >= 15 is 0 Å². The third kappa shape index (κ3) is 3.43. The lowest BCUT2D eigenvalue weighted by molar-refractivity contribution is -0.142. The van der Waals surface area contributed by atoms with Crippen molar-refractivity contribution < 1.29 is 14.3 Å². The Kier molecular flexibility index (Phi) is 4.54. The third-order valence-corrected chi connectivity index (χ3v) is 3.31. The zero-order valence-corrected chi connectivity index (χ0v) is 11.6. The zero-order chi connectivity index (χ0) is 13.0. The molecule has 2 rings (SSSR count). The number of halogens is 1. The van der Waals surface area contributed by atoms with Crippen LogP contribution in [0.2, 0.25) is 0 Å². The monoisotopic (exact) mass is 314 g/mol. The fourth-order valence-electron chi connectivity index (χ4n) is 1.94. The van der Waals surface area contributed by atoms with E-state index in [0.717, 1.165) is 23.2 Å². The Morgan fingerprint density at radius 3 is 3.17 bits per heavy atom. The Morgan fingerprint density at radius 1 is 1.61 bits per heavy atom. The summed E-state index contributed by atoms with van der Waals surface area (Å²) in [5.41, 5.74) is 0. The Balaban J connectivity index is 1.80. The Labute approximate surface area is 114 Å². The molecule has 5 nitrogen and oxygen atoms in total. The second-order valence-corrected chi connectivity index (χ2v) is 5.15. The number of esters is 1. The van der Waals surface area contributed by atoms with Gasteiger partial charge in [-0.25, -0.2) is 0 Å². The fourth-order valence-corrected chi connectivity index (χ4v) is 2.29. The number of methoxy groups -OCH3 is 1. The van der Waals surface area contributed by atoms with Crippen LogP contribution in [0.25, 0.3) is 0 Å². The van der Waals surface area contributed by atoms with Crippen LogP contribution in [0.3, 0.4) is 0 Å². The van der Waals surface area contributed by atoms with Crippen LogP contribution in [-0.2, 0) is 9.53 Å². The summed E-state index contributed by atoms with van der Waals surface area (Å²) in [6.07, 6.45) is 4.12. The molecule has 1 saturated heterocycles. The first-order valence-corrected chi connectivity index (χ1v) is 6.53. The van der Waals surface area contributed by atoms with E-state index < -0.39 is 0 Å². The second-order valence-electron chi connectivity index (χ2n) is 4.24. The van der Waals surface area contributed by atoms with Crippen molar-refractivity contribution in [3.63, 3.8) is 0 Å². The minimum Gasteiger partial charge on any atom is -0.492 e. The maximum Gasteiger partial charge on any atom is 0.322 e. The van der Waals surface area contributed by atoms with Gasteiger partial charge < -0.3 is 14.8 Å². The Bertz CT molecular complexity index is 428. The van der Waals surface area contributed by atoms with Crippen LogP contribution in [0.1, 0.15) is 6.42 Å². The maximum atomic E-state index is 11.3. The summed E-state index contributed by atoms with van der Waals surface area (Å²) in [6, 6.07) is 1.66. The number of nitrogens with one attached hydrogen (secondary N) is 1. The van der Waals surface area contributed by atoms with Crippen molar-refractivity contribution in [2.24, 2.45) is 5.92 Å². The molecular formula is C12H15BrN2O3. The molecule has 1 fully saturated rings. The molecule has 0 saturated carbocycles. The molecular weight excluding hydrogens is 300 g/mol. The molecule has 0 unspecified atom stereocenters. The summed E-state index contributed by atoms with van der Waals surface area (Å²) in [6.45, 7) is 1.33. The number of ether oxygens (including phenoxy) is 2.